The number of H-pyrrole nitrogens is 1. The number of morpholine rings is 1. The Kier molecular flexibility index (Phi) is 6.48. The number of hydrogen-bond donors (Lipinski definition) is 2. The predicted octanol–water partition coefficient (Wildman–Crippen LogP) is 2.48. The summed E-state index contributed by atoms with van der Waals surface area (Å²) >= 11 is 0. The van der Waals surface area contributed by atoms with Gasteiger partial charge in [-0.25, -0.2) is 12.7 Å². The molecule has 1 fully saturated rings. The zero-order valence-corrected chi connectivity index (χ0v) is 20.5. The van der Waals surface area contributed by atoms with Gasteiger partial charge < -0.3 is 19.9 Å². The highest BCUT2D eigenvalue weighted by atomic mass is 32.2. The number of ether oxygens (including phenoxy) is 1. The molecule has 2 aromatic carbocycles. The molecule has 1 aliphatic rings. The molecule has 3 aromatic rings. The van der Waals surface area contributed by atoms with E-state index < -0.39 is 15.9 Å². The quantitative estimate of drug-likeness (QED) is 0.576. The number of pyridine rings is 1. The van der Waals surface area contributed by atoms with E-state index in [1.54, 1.807) is 6.07 Å². The minimum absolute atomic E-state index is 0.0447. The molecule has 0 aliphatic carbocycles. The van der Waals surface area contributed by atoms with E-state index in [4.69, 9.17) is 4.74 Å². The van der Waals surface area contributed by atoms with Crippen molar-refractivity contribution in [2.45, 2.75) is 18.7 Å². The number of rotatable bonds is 5. The standard InChI is InChI=1S/C24H28N4O5S/c1-15-12-23(29)25-21-11-16(2)20(14-18(15)21)26-24(30)19-13-17(34(31,32)27(3)4)5-6-22(19)28-7-9-33-10-8-28/h5-6,11-14H,7-10H2,1-4H3,(H,25,29)(H,26,30). The van der Waals surface area contributed by atoms with Gasteiger partial charge in [0.05, 0.1) is 23.7 Å². The van der Waals surface area contributed by atoms with E-state index in [2.05, 4.69) is 10.3 Å². The number of nitrogens with one attached hydrogen (secondary N) is 2. The Balaban J connectivity index is 1.78. The van der Waals surface area contributed by atoms with Crippen LogP contribution in [0.3, 0.4) is 0 Å². The number of hydrogen-bond acceptors (Lipinski definition) is 6. The third-order valence-corrected chi connectivity index (χ3v) is 7.80. The highest BCUT2D eigenvalue weighted by molar-refractivity contribution is 7.89. The van der Waals surface area contributed by atoms with Crippen molar-refractivity contribution >= 4 is 38.2 Å². The summed E-state index contributed by atoms with van der Waals surface area (Å²) < 4.78 is 32.1. The third kappa shape index (κ3) is 4.56. The minimum atomic E-state index is -3.72. The summed E-state index contributed by atoms with van der Waals surface area (Å²) in [5.41, 5.74) is 3.57. The number of fused-ring (bicyclic) bond motifs is 1. The van der Waals surface area contributed by atoms with Crippen LogP contribution in [0.15, 0.2) is 46.1 Å². The molecule has 0 unspecified atom stereocenters. The number of nitrogens with zero attached hydrogens (tertiary/aromatic N) is 2. The number of carbonyl (C=O) groups excluding carboxylic acids is 1. The van der Waals surface area contributed by atoms with Crippen molar-refractivity contribution in [3.8, 4) is 0 Å². The third-order valence-electron chi connectivity index (χ3n) is 5.99. The summed E-state index contributed by atoms with van der Waals surface area (Å²) in [6.45, 7) is 5.93. The monoisotopic (exact) mass is 484 g/mol. The molecule has 1 aromatic heterocycles. The van der Waals surface area contributed by atoms with Crippen LogP contribution in [0.5, 0.6) is 0 Å². The Morgan fingerprint density at radius 2 is 1.76 bits per heavy atom. The Morgan fingerprint density at radius 1 is 1.06 bits per heavy atom. The molecule has 1 amide bonds. The van der Waals surface area contributed by atoms with Crippen LogP contribution in [0.1, 0.15) is 21.5 Å². The van der Waals surface area contributed by atoms with Crippen molar-refractivity contribution in [2.24, 2.45) is 0 Å². The summed E-state index contributed by atoms with van der Waals surface area (Å²) in [6.07, 6.45) is 0. The maximum absolute atomic E-state index is 13.5. The number of aromatic nitrogens is 1. The van der Waals surface area contributed by atoms with Crippen LogP contribution in [0.2, 0.25) is 0 Å². The Hall–Kier alpha value is -3.21. The van der Waals surface area contributed by atoms with Crippen molar-refractivity contribution in [1.29, 1.82) is 0 Å². The lowest BCUT2D eigenvalue weighted by atomic mass is 10.1. The van der Waals surface area contributed by atoms with E-state index in [9.17, 15) is 18.0 Å². The Morgan fingerprint density at radius 3 is 2.44 bits per heavy atom. The van der Waals surface area contributed by atoms with E-state index in [-0.39, 0.29) is 16.0 Å². The molecular weight excluding hydrogens is 456 g/mol. The van der Waals surface area contributed by atoms with E-state index >= 15 is 0 Å². The van der Waals surface area contributed by atoms with Gasteiger partial charge in [0.1, 0.15) is 0 Å². The fourth-order valence-corrected chi connectivity index (χ4v) is 4.98. The maximum atomic E-state index is 13.5. The van der Waals surface area contributed by atoms with Crippen molar-refractivity contribution in [2.75, 3.05) is 50.6 Å². The average molecular weight is 485 g/mol. The smallest absolute Gasteiger partial charge is 0.257 e. The fourth-order valence-electron chi connectivity index (χ4n) is 4.05. The van der Waals surface area contributed by atoms with Gasteiger partial charge in [0.15, 0.2) is 0 Å². The van der Waals surface area contributed by atoms with Crippen molar-refractivity contribution in [1.82, 2.24) is 9.29 Å². The summed E-state index contributed by atoms with van der Waals surface area (Å²) in [6, 6.07) is 9.78. The van der Waals surface area contributed by atoms with Gasteiger partial charge in [-0.3, -0.25) is 9.59 Å². The molecule has 1 saturated heterocycles. The number of anilines is 2. The first-order valence-electron chi connectivity index (χ1n) is 10.9. The molecule has 180 valence electrons. The lowest BCUT2D eigenvalue weighted by Gasteiger charge is -2.30. The lowest BCUT2D eigenvalue weighted by molar-refractivity contribution is 0.102. The molecule has 1 aliphatic heterocycles. The van der Waals surface area contributed by atoms with Gasteiger partial charge in [-0.05, 0) is 55.3 Å². The second-order valence-electron chi connectivity index (χ2n) is 8.55. The zero-order valence-electron chi connectivity index (χ0n) is 19.6. The van der Waals surface area contributed by atoms with Gasteiger partial charge in [-0.2, -0.15) is 0 Å². The summed E-state index contributed by atoms with van der Waals surface area (Å²) in [5, 5.41) is 3.77. The van der Waals surface area contributed by atoms with E-state index in [1.807, 2.05) is 30.9 Å². The van der Waals surface area contributed by atoms with Crippen LogP contribution in [0, 0.1) is 13.8 Å². The van der Waals surface area contributed by atoms with E-state index in [0.29, 0.717) is 43.2 Å². The van der Waals surface area contributed by atoms with Gasteiger partial charge in [-0.1, -0.05) is 0 Å². The maximum Gasteiger partial charge on any atom is 0.257 e. The molecule has 0 atom stereocenters. The fraction of sp³-hybridized carbons (Fsp3) is 0.333. The van der Waals surface area contributed by atoms with Crippen molar-refractivity contribution < 1.29 is 17.9 Å². The highest BCUT2D eigenvalue weighted by Gasteiger charge is 2.24. The second kappa shape index (κ2) is 9.21. The molecule has 10 heteroatoms. The number of amides is 1. The number of aryl methyl sites for hydroxylation is 2. The lowest BCUT2D eigenvalue weighted by Crippen LogP contribution is -2.37. The van der Waals surface area contributed by atoms with Gasteiger partial charge in [0, 0.05) is 55.5 Å². The molecular formula is C24H28N4O5S. The Bertz CT molecular complexity index is 1420. The van der Waals surface area contributed by atoms with Gasteiger partial charge in [-0.15, -0.1) is 0 Å². The minimum Gasteiger partial charge on any atom is -0.378 e. The molecule has 0 saturated carbocycles. The number of aromatic amines is 1. The molecule has 4 rings (SSSR count). The van der Waals surface area contributed by atoms with Crippen LogP contribution < -0.4 is 15.8 Å². The van der Waals surface area contributed by atoms with Crippen LogP contribution in [-0.4, -0.2) is 64.0 Å². The SMILES string of the molecule is Cc1cc2[nH]c(=O)cc(C)c2cc1NC(=O)c1cc(S(=O)(=O)N(C)C)ccc1N1CCOCC1. The highest BCUT2D eigenvalue weighted by Crippen LogP contribution is 2.29. The van der Waals surface area contributed by atoms with Crippen molar-refractivity contribution in [3.05, 3.63) is 63.4 Å². The van der Waals surface area contributed by atoms with Crippen LogP contribution >= 0.6 is 0 Å². The molecule has 9 nitrogen and oxygen atoms in total. The first-order valence-corrected chi connectivity index (χ1v) is 12.4. The van der Waals surface area contributed by atoms with E-state index in [1.165, 1.54) is 32.3 Å². The average Bonchev–Trinajstić information content (AvgIpc) is 2.80. The van der Waals surface area contributed by atoms with Gasteiger partial charge in [0.2, 0.25) is 15.6 Å². The van der Waals surface area contributed by atoms with Crippen LogP contribution in [-0.2, 0) is 14.8 Å². The molecule has 2 N–H and O–H groups in total. The molecule has 0 spiro atoms. The second-order valence-corrected chi connectivity index (χ2v) is 10.7. The molecule has 0 radical (unpaired) electrons. The topological polar surface area (TPSA) is 112 Å². The molecule has 34 heavy (non-hydrogen) atoms. The normalized spacial score (nSPS) is 14.6. The summed E-state index contributed by atoms with van der Waals surface area (Å²) in [5.74, 6) is -0.415. The Labute approximate surface area is 198 Å². The summed E-state index contributed by atoms with van der Waals surface area (Å²) in [7, 11) is -0.815. The molecule has 2 heterocycles. The van der Waals surface area contributed by atoms with Crippen molar-refractivity contribution in [3.63, 3.8) is 0 Å². The number of sulfonamides is 1. The van der Waals surface area contributed by atoms with Gasteiger partial charge >= 0.3 is 0 Å². The first-order chi connectivity index (χ1) is 16.1. The zero-order chi connectivity index (χ0) is 24.6. The van der Waals surface area contributed by atoms with Gasteiger partial charge in [0.25, 0.3) is 5.91 Å². The predicted molar refractivity (Wildman–Crippen MR) is 132 cm³/mol. The number of carbonyl (C=O) groups is 1. The number of benzene rings is 2. The van der Waals surface area contributed by atoms with Crippen LogP contribution in [0.25, 0.3) is 10.9 Å². The summed E-state index contributed by atoms with van der Waals surface area (Å²) in [4.78, 5) is 30.2. The molecule has 0 bridgehead atoms. The first kappa shape index (κ1) is 23.9. The van der Waals surface area contributed by atoms with Crippen LogP contribution in [0.4, 0.5) is 11.4 Å². The van der Waals surface area contributed by atoms with E-state index in [0.717, 1.165) is 20.8 Å². The largest absolute Gasteiger partial charge is 0.378 e.